The zero-order valence-electron chi connectivity index (χ0n) is 15.0. The zero-order valence-corrected chi connectivity index (χ0v) is 15.0. The Bertz CT molecular complexity index is 1090. The molecule has 3 heterocycles. The lowest BCUT2D eigenvalue weighted by molar-refractivity contribution is -0.122. The van der Waals surface area contributed by atoms with Crippen LogP contribution in [-0.2, 0) is 11.3 Å². The fourth-order valence-corrected chi connectivity index (χ4v) is 2.82. The standard InChI is InChI=1S/C19H18N6O2/c1-12(14-6-4-3-5-7-14)18(26)20-11-17-23-22-16-10-15(8-9-25(16)17)19-21-13(2)24-27-19/h3-10,12H,11H2,1-2H3,(H,20,26)/t12-/m1/s1. The summed E-state index contributed by atoms with van der Waals surface area (Å²) in [6.07, 6.45) is 1.83. The Morgan fingerprint density at radius 3 is 2.78 bits per heavy atom. The van der Waals surface area contributed by atoms with Crippen LogP contribution in [0, 0.1) is 6.92 Å². The molecule has 1 aromatic carbocycles. The average Bonchev–Trinajstić information content (AvgIpc) is 3.31. The van der Waals surface area contributed by atoms with Crippen molar-refractivity contribution in [3.63, 3.8) is 0 Å². The Hall–Kier alpha value is -3.55. The van der Waals surface area contributed by atoms with E-state index in [1.54, 1.807) is 6.92 Å². The topological polar surface area (TPSA) is 98.2 Å². The molecule has 136 valence electrons. The van der Waals surface area contributed by atoms with Gasteiger partial charge in [0.1, 0.15) is 0 Å². The van der Waals surface area contributed by atoms with Crippen molar-refractivity contribution in [2.24, 2.45) is 0 Å². The maximum atomic E-state index is 12.4. The molecule has 0 saturated heterocycles. The van der Waals surface area contributed by atoms with Crippen molar-refractivity contribution in [2.75, 3.05) is 0 Å². The summed E-state index contributed by atoms with van der Waals surface area (Å²) in [6.45, 7) is 3.93. The van der Waals surface area contributed by atoms with E-state index in [9.17, 15) is 4.79 Å². The highest BCUT2D eigenvalue weighted by atomic mass is 16.5. The summed E-state index contributed by atoms with van der Waals surface area (Å²) in [5.41, 5.74) is 2.38. The number of pyridine rings is 1. The summed E-state index contributed by atoms with van der Waals surface area (Å²) in [6, 6.07) is 13.3. The molecule has 1 atom stereocenters. The van der Waals surface area contributed by atoms with Crippen LogP contribution in [0.4, 0.5) is 0 Å². The van der Waals surface area contributed by atoms with Gasteiger partial charge in [0.15, 0.2) is 17.3 Å². The molecular weight excluding hydrogens is 344 g/mol. The number of hydrogen-bond donors (Lipinski definition) is 1. The Morgan fingerprint density at radius 2 is 2.04 bits per heavy atom. The molecule has 0 aliphatic carbocycles. The van der Waals surface area contributed by atoms with Crippen LogP contribution in [0.3, 0.4) is 0 Å². The van der Waals surface area contributed by atoms with Gasteiger partial charge in [-0.15, -0.1) is 10.2 Å². The zero-order chi connectivity index (χ0) is 18.8. The van der Waals surface area contributed by atoms with Crippen molar-refractivity contribution in [1.29, 1.82) is 0 Å². The number of fused-ring (bicyclic) bond motifs is 1. The lowest BCUT2D eigenvalue weighted by atomic mass is 10.0. The number of nitrogens with one attached hydrogen (secondary N) is 1. The third kappa shape index (κ3) is 3.41. The first-order valence-corrected chi connectivity index (χ1v) is 8.59. The minimum atomic E-state index is -0.238. The predicted octanol–water partition coefficient (Wildman–Crippen LogP) is 2.51. The maximum Gasteiger partial charge on any atom is 0.258 e. The highest BCUT2D eigenvalue weighted by molar-refractivity contribution is 5.83. The van der Waals surface area contributed by atoms with Gasteiger partial charge in [-0.3, -0.25) is 9.20 Å². The number of rotatable bonds is 5. The fourth-order valence-electron chi connectivity index (χ4n) is 2.82. The molecule has 0 radical (unpaired) electrons. The van der Waals surface area contributed by atoms with Gasteiger partial charge in [0.2, 0.25) is 5.91 Å². The van der Waals surface area contributed by atoms with Crippen molar-refractivity contribution < 1.29 is 9.32 Å². The van der Waals surface area contributed by atoms with Gasteiger partial charge in [-0.1, -0.05) is 35.5 Å². The Kier molecular flexibility index (Phi) is 4.37. The number of hydrogen-bond acceptors (Lipinski definition) is 6. The van der Waals surface area contributed by atoms with Gasteiger partial charge < -0.3 is 9.84 Å². The molecule has 27 heavy (non-hydrogen) atoms. The summed E-state index contributed by atoms with van der Waals surface area (Å²) < 4.78 is 7.00. The number of amides is 1. The van der Waals surface area contributed by atoms with E-state index in [4.69, 9.17) is 4.52 Å². The van der Waals surface area contributed by atoms with Crippen LogP contribution in [-0.4, -0.2) is 30.6 Å². The van der Waals surface area contributed by atoms with Gasteiger partial charge in [-0.05, 0) is 31.5 Å². The summed E-state index contributed by atoms with van der Waals surface area (Å²) >= 11 is 0. The highest BCUT2D eigenvalue weighted by Crippen LogP contribution is 2.19. The normalized spacial score (nSPS) is 12.2. The predicted molar refractivity (Wildman–Crippen MR) is 97.7 cm³/mol. The van der Waals surface area contributed by atoms with Crippen LogP contribution in [0.1, 0.15) is 30.1 Å². The van der Waals surface area contributed by atoms with E-state index < -0.39 is 0 Å². The molecule has 0 bridgehead atoms. The molecule has 4 rings (SSSR count). The maximum absolute atomic E-state index is 12.4. The molecule has 1 N–H and O–H groups in total. The molecule has 0 fully saturated rings. The second-order valence-electron chi connectivity index (χ2n) is 6.26. The van der Waals surface area contributed by atoms with E-state index in [-0.39, 0.29) is 18.4 Å². The summed E-state index contributed by atoms with van der Waals surface area (Å²) in [4.78, 5) is 16.6. The van der Waals surface area contributed by atoms with Crippen LogP contribution >= 0.6 is 0 Å². The number of aromatic nitrogens is 5. The van der Waals surface area contributed by atoms with E-state index in [1.807, 2.05) is 60.0 Å². The molecule has 0 spiro atoms. The van der Waals surface area contributed by atoms with Crippen LogP contribution in [0.2, 0.25) is 0 Å². The third-order valence-corrected chi connectivity index (χ3v) is 4.37. The first-order chi connectivity index (χ1) is 13.1. The average molecular weight is 362 g/mol. The second-order valence-corrected chi connectivity index (χ2v) is 6.26. The quantitative estimate of drug-likeness (QED) is 0.586. The Morgan fingerprint density at radius 1 is 1.22 bits per heavy atom. The molecule has 3 aromatic heterocycles. The van der Waals surface area contributed by atoms with E-state index in [0.29, 0.717) is 23.2 Å². The largest absolute Gasteiger partial charge is 0.348 e. The van der Waals surface area contributed by atoms with Crippen molar-refractivity contribution >= 4 is 11.6 Å². The summed E-state index contributed by atoms with van der Waals surface area (Å²) in [5, 5.41) is 15.0. The van der Waals surface area contributed by atoms with Gasteiger partial charge in [0.25, 0.3) is 5.89 Å². The van der Waals surface area contributed by atoms with Crippen LogP contribution in [0.15, 0.2) is 53.2 Å². The summed E-state index contributed by atoms with van der Waals surface area (Å²) in [5.74, 6) is 1.35. The fraction of sp³-hybridized carbons (Fsp3) is 0.211. The van der Waals surface area contributed by atoms with Gasteiger partial charge in [-0.2, -0.15) is 4.98 Å². The van der Waals surface area contributed by atoms with Gasteiger partial charge in [-0.25, -0.2) is 0 Å². The van der Waals surface area contributed by atoms with E-state index >= 15 is 0 Å². The molecule has 0 aliphatic heterocycles. The van der Waals surface area contributed by atoms with Crippen LogP contribution < -0.4 is 5.32 Å². The SMILES string of the molecule is Cc1noc(-c2ccn3c(CNC(=O)[C@H](C)c4ccccc4)nnc3c2)n1. The van der Waals surface area contributed by atoms with E-state index in [2.05, 4.69) is 25.7 Å². The smallest absolute Gasteiger partial charge is 0.258 e. The summed E-state index contributed by atoms with van der Waals surface area (Å²) in [7, 11) is 0. The first-order valence-electron chi connectivity index (χ1n) is 8.59. The molecule has 4 aromatic rings. The molecule has 0 saturated carbocycles. The highest BCUT2D eigenvalue weighted by Gasteiger charge is 2.16. The van der Waals surface area contributed by atoms with E-state index in [0.717, 1.165) is 11.1 Å². The lowest BCUT2D eigenvalue weighted by Gasteiger charge is -2.11. The molecule has 8 heteroatoms. The first kappa shape index (κ1) is 16.9. The molecule has 0 unspecified atom stereocenters. The van der Waals surface area contributed by atoms with Crippen LogP contribution in [0.5, 0.6) is 0 Å². The molecule has 8 nitrogen and oxygen atoms in total. The third-order valence-electron chi connectivity index (χ3n) is 4.37. The second kappa shape index (κ2) is 6.99. The van der Waals surface area contributed by atoms with Crippen LogP contribution in [0.25, 0.3) is 17.1 Å². The Balaban J connectivity index is 1.49. The van der Waals surface area contributed by atoms with Gasteiger partial charge in [0.05, 0.1) is 12.5 Å². The number of carbonyl (C=O) groups is 1. The minimum Gasteiger partial charge on any atom is -0.348 e. The molecule has 1 amide bonds. The lowest BCUT2D eigenvalue weighted by Crippen LogP contribution is -2.28. The van der Waals surface area contributed by atoms with Crippen molar-refractivity contribution in [1.82, 2.24) is 30.1 Å². The van der Waals surface area contributed by atoms with Crippen molar-refractivity contribution in [2.45, 2.75) is 26.3 Å². The molecule has 0 aliphatic rings. The van der Waals surface area contributed by atoms with Crippen molar-refractivity contribution in [3.05, 3.63) is 65.9 Å². The number of carbonyl (C=O) groups excluding carboxylic acids is 1. The monoisotopic (exact) mass is 362 g/mol. The Labute approximate surface area is 155 Å². The molecular formula is C19H18N6O2. The number of aryl methyl sites for hydroxylation is 1. The van der Waals surface area contributed by atoms with Gasteiger partial charge >= 0.3 is 0 Å². The van der Waals surface area contributed by atoms with Crippen molar-refractivity contribution in [3.8, 4) is 11.5 Å². The van der Waals surface area contributed by atoms with E-state index in [1.165, 1.54) is 0 Å². The van der Waals surface area contributed by atoms with Gasteiger partial charge in [0, 0.05) is 11.8 Å². The number of benzene rings is 1. The number of nitrogens with zero attached hydrogens (tertiary/aromatic N) is 5. The minimum absolute atomic E-state index is 0.0593.